The van der Waals surface area contributed by atoms with Crippen molar-refractivity contribution < 1.29 is 22.6 Å². The average Bonchev–Trinajstić information content (AvgIpc) is 2.74. The van der Waals surface area contributed by atoms with E-state index in [9.17, 15) is 13.2 Å². The normalized spacial score (nSPS) is 11.5. The Bertz CT molecular complexity index is 1040. The van der Waals surface area contributed by atoms with Crippen molar-refractivity contribution in [2.45, 2.75) is 19.7 Å². The Balaban J connectivity index is 1.66. The van der Waals surface area contributed by atoms with Crippen molar-refractivity contribution in [2.24, 2.45) is 5.10 Å². The van der Waals surface area contributed by atoms with Crippen molar-refractivity contribution in [1.82, 2.24) is 4.98 Å². The number of rotatable bonds is 8. The maximum absolute atomic E-state index is 12.6. The molecular formula is C22H19ClF3N3O2. The summed E-state index contributed by atoms with van der Waals surface area (Å²) >= 11 is 6.16. The summed E-state index contributed by atoms with van der Waals surface area (Å²) in [5.74, 6) is 1.27. The van der Waals surface area contributed by atoms with Crippen LogP contribution in [-0.2, 0) is 12.8 Å². The number of hydrogen-bond acceptors (Lipinski definition) is 5. The molecule has 3 aromatic rings. The molecule has 1 N–H and O–H groups in total. The Kier molecular flexibility index (Phi) is 7.36. The molecule has 0 bridgehead atoms. The van der Waals surface area contributed by atoms with Crippen LogP contribution in [0.1, 0.15) is 23.6 Å². The molecule has 0 unspecified atom stereocenters. The van der Waals surface area contributed by atoms with Gasteiger partial charge in [0.25, 0.3) is 0 Å². The van der Waals surface area contributed by atoms with Gasteiger partial charge in [-0.2, -0.15) is 18.3 Å². The average molecular weight is 450 g/mol. The van der Waals surface area contributed by atoms with Crippen molar-refractivity contribution >= 4 is 23.6 Å². The van der Waals surface area contributed by atoms with Gasteiger partial charge in [0.05, 0.1) is 18.4 Å². The zero-order chi connectivity index (χ0) is 22.3. The van der Waals surface area contributed by atoms with Gasteiger partial charge in [-0.05, 0) is 48.9 Å². The monoisotopic (exact) mass is 449 g/mol. The van der Waals surface area contributed by atoms with Crippen LogP contribution in [0.5, 0.6) is 11.5 Å². The lowest BCUT2D eigenvalue weighted by Gasteiger charge is -2.13. The number of benzene rings is 2. The number of aromatic nitrogens is 1. The third kappa shape index (κ3) is 6.36. The topological polar surface area (TPSA) is 55.7 Å². The minimum absolute atomic E-state index is 0.189. The quantitative estimate of drug-likeness (QED) is 0.329. The van der Waals surface area contributed by atoms with E-state index >= 15 is 0 Å². The minimum atomic E-state index is -4.43. The highest BCUT2D eigenvalue weighted by molar-refractivity contribution is 6.31. The maximum Gasteiger partial charge on any atom is 0.417 e. The molecule has 0 spiro atoms. The molecule has 0 atom stereocenters. The van der Waals surface area contributed by atoms with Gasteiger partial charge < -0.3 is 9.47 Å². The van der Waals surface area contributed by atoms with Crippen LogP contribution < -0.4 is 14.9 Å². The SMILES string of the molecule is CCOc1cc(/C=N\Nc2ccc(C(F)(F)F)cn2)ccc1OCc1ccccc1Cl. The number of halogens is 4. The number of nitrogens with zero attached hydrogens (tertiary/aromatic N) is 2. The van der Waals surface area contributed by atoms with E-state index in [2.05, 4.69) is 15.5 Å². The number of pyridine rings is 1. The fourth-order valence-electron chi connectivity index (χ4n) is 2.56. The summed E-state index contributed by atoms with van der Waals surface area (Å²) in [6, 6.07) is 14.8. The highest BCUT2D eigenvalue weighted by Gasteiger charge is 2.30. The van der Waals surface area contributed by atoms with Gasteiger partial charge in [0.15, 0.2) is 11.5 Å². The molecule has 0 saturated heterocycles. The molecule has 0 amide bonds. The highest BCUT2D eigenvalue weighted by Crippen LogP contribution is 2.30. The molecule has 0 saturated carbocycles. The lowest BCUT2D eigenvalue weighted by molar-refractivity contribution is -0.137. The Labute approximate surface area is 182 Å². The first-order valence-corrected chi connectivity index (χ1v) is 9.70. The predicted molar refractivity (Wildman–Crippen MR) is 114 cm³/mol. The van der Waals surface area contributed by atoms with Crippen molar-refractivity contribution in [3.8, 4) is 11.5 Å². The van der Waals surface area contributed by atoms with Crippen LogP contribution in [0, 0.1) is 0 Å². The van der Waals surface area contributed by atoms with Gasteiger partial charge in [0.1, 0.15) is 12.4 Å². The number of nitrogens with one attached hydrogen (secondary N) is 1. The molecule has 1 aromatic heterocycles. The summed E-state index contributed by atoms with van der Waals surface area (Å²) < 4.78 is 49.2. The van der Waals surface area contributed by atoms with E-state index in [1.54, 1.807) is 24.3 Å². The van der Waals surface area contributed by atoms with Crippen LogP contribution in [0.25, 0.3) is 0 Å². The second-order valence-electron chi connectivity index (χ2n) is 6.32. The molecule has 31 heavy (non-hydrogen) atoms. The Hall–Kier alpha value is -3.26. The molecule has 1 heterocycles. The molecule has 0 aliphatic carbocycles. The molecule has 9 heteroatoms. The predicted octanol–water partition coefficient (Wildman–Crippen LogP) is 6.18. The van der Waals surface area contributed by atoms with Gasteiger partial charge in [-0.3, -0.25) is 5.43 Å². The van der Waals surface area contributed by atoms with Crippen molar-refractivity contribution in [3.63, 3.8) is 0 Å². The summed E-state index contributed by atoms with van der Waals surface area (Å²) in [7, 11) is 0. The first-order chi connectivity index (χ1) is 14.9. The smallest absolute Gasteiger partial charge is 0.417 e. The van der Waals surface area contributed by atoms with Gasteiger partial charge in [0, 0.05) is 16.8 Å². The summed E-state index contributed by atoms with van der Waals surface area (Å²) in [5.41, 5.74) is 3.33. The van der Waals surface area contributed by atoms with Crippen LogP contribution in [0.4, 0.5) is 19.0 Å². The molecule has 0 aliphatic heterocycles. The molecule has 2 aromatic carbocycles. The molecule has 5 nitrogen and oxygen atoms in total. The van der Waals surface area contributed by atoms with Crippen LogP contribution in [0.3, 0.4) is 0 Å². The van der Waals surface area contributed by atoms with E-state index < -0.39 is 11.7 Å². The molecule has 162 valence electrons. The Morgan fingerprint density at radius 3 is 2.55 bits per heavy atom. The number of alkyl halides is 3. The van der Waals surface area contributed by atoms with E-state index in [0.717, 1.165) is 17.8 Å². The summed E-state index contributed by atoms with van der Waals surface area (Å²) in [4.78, 5) is 3.70. The lowest BCUT2D eigenvalue weighted by Crippen LogP contribution is -2.05. The van der Waals surface area contributed by atoms with E-state index in [-0.39, 0.29) is 12.4 Å². The van der Waals surface area contributed by atoms with Crippen molar-refractivity contribution in [3.05, 3.63) is 82.5 Å². The summed E-state index contributed by atoms with van der Waals surface area (Å²) in [6.07, 6.45) is -2.18. The molecular weight excluding hydrogens is 431 g/mol. The third-order valence-electron chi connectivity index (χ3n) is 4.09. The second kappa shape index (κ2) is 10.2. The van der Waals surface area contributed by atoms with E-state index in [4.69, 9.17) is 21.1 Å². The second-order valence-corrected chi connectivity index (χ2v) is 6.73. The highest BCUT2D eigenvalue weighted by atomic mass is 35.5. The van der Waals surface area contributed by atoms with Gasteiger partial charge >= 0.3 is 6.18 Å². The standard InChI is InChI=1S/C22H19ClF3N3O2/c1-2-30-20-11-15(7-9-19(20)31-14-16-5-3-4-6-18(16)23)12-28-29-21-10-8-17(13-27-21)22(24,25)26/h3-13H,2,14H2,1H3,(H,27,29)/b28-12-. The van der Waals surface area contributed by atoms with E-state index in [0.29, 0.717) is 28.7 Å². The summed E-state index contributed by atoms with van der Waals surface area (Å²) in [6.45, 7) is 2.58. The van der Waals surface area contributed by atoms with Crippen LogP contribution in [0.2, 0.25) is 5.02 Å². The molecule has 0 fully saturated rings. The minimum Gasteiger partial charge on any atom is -0.490 e. The van der Waals surface area contributed by atoms with Gasteiger partial charge in [0.2, 0.25) is 0 Å². The fraction of sp³-hybridized carbons (Fsp3) is 0.182. The Morgan fingerprint density at radius 2 is 1.87 bits per heavy atom. The molecule has 0 aliphatic rings. The maximum atomic E-state index is 12.6. The zero-order valence-corrected chi connectivity index (χ0v) is 17.2. The lowest BCUT2D eigenvalue weighted by atomic mass is 10.2. The zero-order valence-electron chi connectivity index (χ0n) is 16.5. The number of anilines is 1. The van der Waals surface area contributed by atoms with Gasteiger partial charge in [-0.15, -0.1) is 0 Å². The van der Waals surface area contributed by atoms with E-state index in [1.807, 2.05) is 25.1 Å². The Morgan fingerprint density at radius 1 is 1.06 bits per heavy atom. The third-order valence-corrected chi connectivity index (χ3v) is 4.46. The van der Waals surface area contributed by atoms with Crippen LogP contribution >= 0.6 is 11.6 Å². The number of ether oxygens (including phenoxy) is 2. The van der Waals surface area contributed by atoms with E-state index in [1.165, 1.54) is 12.3 Å². The first-order valence-electron chi connectivity index (χ1n) is 9.32. The van der Waals surface area contributed by atoms with Crippen molar-refractivity contribution in [1.29, 1.82) is 0 Å². The van der Waals surface area contributed by atoms with Crippen molar-refractivity contribution in [2.75, 3.05) is 12.0 Å². The largest absolute Gasteiger partial charge is 0.490 e. The van der Waals surface area contributed by atoms with Crippen LogP contribution in [-0.4, -0.2) is 17.8 Å². The summed E-state index contributed by atoms with van der Waals surface area (Å²) in [5, 5.41) is 4.62. The fourth-order valence-corrected chi connectivity index (χ4v) is 2.75. The molecule has 3 rings (SSSR count). The van der Waals surface area contributed by atoms with Gasteiger partial charge in [-0.1, -0.05) is 29.8 Å². The first kappa shape index (κ1) is 22.4. The van der Waals surface area contributed by atoms with Crippen LogP contribution in [0.15, 0.2) is 65.9 Å². The number of hydrazone groups is 1. The number of hydrogen-bond donors (Lipinski definition) is 1. The molecule has 0 radical (unpaired) electrons. The van der Waals surface area contributed by atoms with Gasteiger partial charge in [-0.25, -0.2) is 4.98 Å².